The Morgan fingerprint density at radius 2 is 2.30 bits per heavy atom. The molecule has 0 heterocycles. The van der Waals surface area contributed by atoms with Gasteiger partial charge in [-0.25, -0.2) is 0 Å². The summed E-state index contributed by atoms with van der Waals surface area (Å²) in [4.78, 5) is 10.4. The van der Waals surface area contributed by atoms with E-state index in [2.05, 4.69) is 0 Å². The molecule has 1 rings (SSSR count). The lowest BCUT2D eigenvalue weighted by atomic mass is 10.1. The summed E-state index contributed by atoms with van der Waals surface area (Å²) in [5.41, 5.74) is 4.85. The Balaban J connectivity index is 0.000000236. The normalized spacial score (nSPS) is 16.0. The predicted molar refractivity (Wildman–Crippen MR) is 42.7 cm³/mol. The molecule has 0 unspecified atom stereocenters. The van der Waals surface area contributed by atoms with E-state index < -0.39 is 0 Å². The fraction of sp³-hybridized carbons (Fsp3) is 0.625. The second-order valence-electron chi connectivity index (χ2n) is 2.17. The average molecular weight is 141 g/mol. The van der Waals surface area contributed by atoms with Gasteiger partial charge >= 0.3 is 0 Å². The van der Waals surface area contributed by atoms with Crippen molar-refractivity contribution in [3.63, 3.8) is 0 Å². The van der Waals surface area contributed by atoms with Crippen LogP contribution in [0.25, 0.3) is 0 Å². The SMILES string of the molecule is CCN.O=C1C=CCCC1. The van der Waals surface area contributed by atoms with Gasteiger partial charge in [0, 0.05) is 6.42 Å². The van der Waals surface area contributed by atoms with E-state index in [1.807, 2.05) is 13.0 Å². The van der Waals surface area contributed by atoms with Crippen molar-refractivity contribution in [2.24, 2.45) is 5.73 Å². The minimum Gasteiger partial charge on any atom is -0.331 e. The molecule has 0 amide bonds. The Labute approximate surface area is 62.1 Å². The summed E-state index contributed by atoms with van der Waals surface area (Å²) in [6, 6.07) is 0. The molecule has 2 heteroatoms. The Morgan fingerprint density at radius 3 is 2.50 bits per heavy atom. The van der Waals surface area contributed by atoms with Crippen LogP contribution in [0.2, 0.25) is 0 Å². The molecule has 0 aromatic rings. The molecule has 0 atom stereocenters. The van der Waals surface area contributed by atoms with E-state index in [1.165, 1.54) is 0 Å². The van der Waals surface area contributed by atoms with Crippen LogP contribution in [0.4, 0.5) is 0 Å². The highest BCUT2D eigenvalue weighted by atomic mass is 16.1. The van der Waals surface area contributed by atoms with Crippen LogP contribution in [0.1, 0.15) is 26.2 Å². The van der Waals surface area contributed by atoms with Gasteiger partial charge in [-0.3, -0.25) is 4.79 Å². The summed E-state index contributed by atoms with van der Waals surface area (Å²) in [6.45, 7) is 2.65. The number of nitrogens with two attached hydrogens (primary N) is 1. The molecule has 1 aliphatic rings. The molecule has 58 valence electrons. The number of ketones is 1. The van der Waals surface area contributed by atoms with Crippen molar-refractivity contribution in [1.82, 2.24) is 0 Å². The largest absolute Gasteiger partial charge is 0.331 e. The lowest BCUT2D eigenvalue weighted by molar-refractivity contribution is -0.114. The molecule has 0 bridgehead atoms. The molecule has 2 N–H and O–H groups in total. The van der Waals surface area contributed by atoms with Gasteiger partial charge in [-0.2, -0.15) is 0 Å². The minimum atomic E-state index is 0.284. The monoisotopic (exact) mass is 141 g/mol. The first-order valence-electron chi connectivity index (χ1n) is 3.70. The van der Waals surface area contributed by atoms with Gasteiger partial charge in [-0.1, -0.05) is 13.0 Å². The van der Waals surface area contributed by atoms with Gasteiger partial charge in [0.15, 0.2) is 5.78 Å². The zero-order chi connectivity index (χ0) is 7.82. The van der Waals surface area contributed by atoms with Crippen molar-refractivity contribution in [2.45, 2.75) is 26.2 Å². The summed E-state index contributed by atoms with van der Waals surface area (Å²) in [7, 11) is 0. The standard InChI is InChI=1S/C6H8O.C2H7N/c7-6-4-2-1-3-5-6;1-2-3/h2,4H,1,3,5H2;2-3H2,1H3. The van der Waals surface area contributed by atoms with Crippen LogP contribution in [-0.4, -0.2) is 12.3 Å². The summed E-state index contributed by atoms with van der Waals surface area (Å²) >= 11 is 0. The van der Waals surface area contributed by atoms with Crippen molar-refractivity contribution in [2.75, 3.05) is 6.54 Å². The number of rotatable bonds is 0. The van der Waals surface area contributed by atoms with E-state index >= 15 is 0 Å². The van der Waals surface area contributed by atoms with Crippen LogP contribution < -0.4 is 5.73 Å². The molecule has 0 saturated carbocycles. The maximum absolute atomic E-state index is 10.4. The first kappa shape index (κ1) is 9.37. The third-order valence-electron chi connectivity index (χ3n) is 1.10. The average Bonchev–Trinajstić information content (AvgIpc) is 1.91. The number of carbonyl (C=O) groups is 1. The third kappa shape index (κ3) is 5.51. The summed E-state index contributed by atoms with van der Waals surface area (Å²) in [6.07, 6.45) is 6.51. The second kappa shape index (κ2) is 6.49. The van der Waals surface area contributed by atoms with E-state index in [0.717, 1.165) is 25.8 Å². The Kier molecular flexibility index (Phi) is 6.08. The van der Waals surface area contributed by atoms with E-state index in [1.54, 1.807) is 6.08 Å². The summed E-state index contributed by atoms with van der Waals surface area (Å²) < 4.78 is 0. The molecule has 0 aliphatic heterocycles. The number of allylic oxidation sites excluding steroid dienone is 2. The Morgan fingerprint density at radius 1 is 1.70 bits per heavy atom. The van der Waals surface area contributed by atoms with Gasteiger partial charge in [0.05, 0.1) is 0 Å². The van der Waals surface area contributed by atoms with Gasteiger partial charge in [-0.05, 0) is 25.5 Å². The van der Waals surface area contributed by atoms with Gasteiger partial charge in [0.2, 0.25) is 0 Å². The molecule has 1 aliphatic carbocycles. The number of carbonyl (C=O) groups excluding carboxylic acids is 1. The lowest BCUT2D eigenvalue weighted by Crippen LogP contribution is -1.95. The smallest absolute Gasteiger partial charge is 0.155 e. The molecular weight excluding hydrogens is 126 g/mol. The summed E-state index contributed by atoms with van der Waals surface area (Å²) in [5, 5.41) is 0. The predicted octanol–water partition coefficient (Wildman–Crippen LogP) is 1.26. The van der Waals surface area contributed by atoms with E-state index in [4.69, 9.17) is 5.73 Å². The van der Waals surface area contributed by atoms with Crippen molar-refractivity contribution >= 4 is 5.78 Å². The molecule has 0 spiro atoms. The zero-order valence-electron chi connectivity index (χ0n) is 6.47. The van der Waals surface area contributed by atoms with Gasteiger partial charge < -0.3 is 5.73 Å². The molecule has 0 aromatic heterocycles. The molecule has 0 saturated heterocycles. The van der Waals surface area contributed by atoms with E-state index in [0.29, 0.717) is 0 Å². The van der Waals surface area contributed by atoms with Crippen LogP contribution in [-0.2, 0) is 4.79 Å². The molecule has 2 nitrogen and oxygen atoms in total. The lowest BCUT2D eigenvalue weighted by Gasteiger charge is -1.97. The molecule has 10 heavy (non-hydrogen) atoms. The molecule has 0 radical (unpaired) electrons. The highest BCUT2D eigenvalue weighted by Gasteiger charge is 1.98. The topological polar surface area (TPSA) is 43.1 Å². The molecular formula is C8H15NO. The van der Waals surface area contributed by atoms with Crippen molar-refractivity contribution in [3.05, 3.63) is 12.2 Å². The first-order valence-corrected chi connectivity index (χ1v) is 3.70. The van der Waals surface area contributed by atoms with Crippen LogP contribution >= 0.6 is 0 Å². The van der Waals surface area contributed by atoms with Crippen LogP contribution in [0.15, 0.2) is 12.2 Å². The third-order valence-corrected chi connectivity index (χ3v) is 1.10. The van der Waals surface area contributed by atoms with Gasteiger partial charge in [0.25, 0.3) is 0 Å². The quantitative estimate of drug-likeness (QED) is 0.552. The molecule has 0 aromatic carbocycles. The highest BCUT2D eigenvalue weighted by Crippen LogP contribution is 2.04. The fourth-order valence-electron chi connectivity index (χ4n) is 0.692. The van der Waals surface area contributed by atoms with Crippen molar-refractivity contribution in [3.8, 4) is 0 Å². The second-order valence-corrected chi connectivity index (χ2v) is 2.17. The molecule has 0 fully saturated rings. The van der Waals surface area contributed by atoms with Crippen LogP contribution in [0, 0.1) is 0 Å². The Hall–Kier alpha value is -0.630. The van der Waals surface area contributed by atoms with Gasteiger partial charge in [0.1, 0.15) is 0 Å². The van der Waals surface area contributed by atoms with E-state index in [-0.39, 0.29) is 5.78 Å². The summed E-state index contributed by atoms with van der Waals surface area (Å²) in [5.74, 6) is 0.284. The minimum absolute atomic E-state index is 0.284. The van der Waals surface area contributed by atoms with Crippen LogP contribution in [0.5, 0.6) is 0 Å². The van der Waals surface area contributed by atoms with Gasteiger partial charge in [-0.15, -0.1) is 0 Å². The van der Waals surface area contributed by atoms with Crippen molar-refractivity contribution in [1.29, 1.82) is 0 Å². The van der Waals surface area contributed by atoms with Crippen LogP contribution in [0.3, 0.4) is 0 Å². The highest BCUT2D eigenvalue weighted by molar-refractivity contribution is 5.90. The maximum atomic E-state index is 10.4. The number of hydrogen-bond acceptors (Lipinski definition) is 2. The van der Waals surface area contributed by atoms with Crippen molar-refractivity contribution < 1.29 is 4.79 Å². The number of hydrogen-bond donors (Lipinski definition) is 1. The first-order chi connectivity index (χ1) is 4.81. The Bertz CT molecular complexity index is 118. The van der Waals surface area contributed by atoms with E-state index in [9.17, 15) is 4.79 Å². The zero-order valence-corrected chi connectivity index (χ0v) is 6.47. The fourth-order valence-corrected chi connectivity index (χ4v) is 0.692. The maximum Gasteiger partial charge on any atom is 0.155 e.